The summed E-state index contributed by atoms with van der Waals surface area (Å²) in [6.45, 7) is 0. The first-order valence-electron chi connectivity index (χ1n) is 3.34. The maximum Gasteiger partial charge on any atom is 0.436 e. The van der Waals surface area contributed by atoms with Crippen LogP contribution >= 0.6 is 11.6 Å². The van der Waals surface area contributed by atoms with Crippen molar-refractivity contribution in [3.8, 4) is 0 Å². The molecule has 0 aliphatic rings. The van der Waals surface area contributed by atoms with Gasteiger partial charge in [-0.15, -0.1) is 0 Å². The van der Waals surface area contributed by atoms with Gasteiger partial charge in [0.15, 0.2) is 5.69 Å². The third kappa shape index (κ3) is 1.67. The van der Waals surface area contributed by atoms with Crippen LogP contribution in [-0.2, 0) is 13.2 Å². The molecule has 1 aromatic rings. The summed E-state index contributed by atoms with van der Waals surface area (Å²) in [4.78, 5) is 10.7. The third-order valence-corrected chi connectivity index (χ3v) is 1.75. The highest BCUT2D eigenvalue weighted by molar-refractivity contribution is 6.68. The zero-order valence-electron chi connectivity index (χ0n) is 6.89. The largest absolute Gasteiger partial charge is 0.436 e. The number of halogens is 4. The predicted molar refractivity (Wildman–Crippen MR) is 42.8 cm³/mol. The Kier molecular flexibility index (Phi) is 2.45. The molecular formula is C6H5ClF3N3O. The number of nitrogens with zero attached hydrogens (tertiary/aromatic N) is 2. The number of nitrogen functional groups attached to an aromatic ring is 1. The van der Waals surface area contributed by atoms with Crippen molar-refractivity contribution in [1.82, 2.24) is 9.78 Å². The Hall–Kier alpha value is -1.24. The molecule has 14 heavy (non-hydrogen) atoms. The van der Waals surface area contributed by atoms with Crippen molar-refractivity contribution >= 4 is 22.7 Å². The van der Waals surface area contributed by atoms with E-state index in [0.717, 1.165) is 4.68 Å². The minimum absolute atomic E-state index is 0.405. The SMILES string of the molecule is Cn1nc(C(F)(F)F)c(C(=O)Cl)c1N. The van der Waals surface area contributed by atoms with Crippen molar-refractivity contribution in [3.05, 3.63) is 11.3 Å². The monoisotopic (exact) mass is 227 g/mol. The Morgan fingerprint density at radius 2 is 2.07 bits per heavy atom. The molecule has 0 amide bonds. The Morgan fingerprint density at radius 1 is 1.57 bits per heavy atom. The molecule has 0 aromatic carbocycles. The second-order valence-electron chi connectivity index (χ2n) is 2.50. The fourth-order valence-electron chi connectivity index (χ4n) is 0.929. The number of nitrogens with two attached hydrogens (primary N) is 1. The lowest BCUT2D eigenvalue weighted by molar-refractivity contribution is -0.141. The van der Waals surface area contributed by atoms with E-state index in [0.29, 0.717) is 0 Å². The van der Waals surface area contributed by atoms with Crippen molar-refractivity contribution in [3.63, 3.8) is 0 Å². The van der Waals surface area contributed by atoms with Gasteiger partial charge in [0.05, 0.1) is 0 Å². The molecule has 0 fully saturated rings. The van der Waals surface area contributed by atoms with E-state index >= 15 is 0 Å². The Labute approximate surface area is 81.4 Å². The molecule has 0 saturated carbocycles. The van der Waals surface area contributed by atoms with Crippen LogP contribution in [0.25, 0.3) is 0 Å². The number of aryl methyl sites for hydroxylation is 1. The third-order valence-electron chi connectivity index (χ3n) is 1.56. The first kappa shape index (κ1) is 10.8. The molecule has 0 unspecified atom stereocenters. The minimum atomic E-state index is -4.74. The maximum atomic E-state index is 12.3. The van der Waals surface area contributed by atoms with Crippen LogP contribution in [-0.4, -0.2) is 15.0 Å². The van der Waals surface area contributed by atoms with Gasteiger partial charge in [-0.05, 0) is 11.6 Å². The minimum Gasteiger partial charge on any atom is -0.383 e. The number of carbonyl (C=O) groups excluding carboxylic acids is 1. The number of hydrogen-bond donors (Lipinski definition) is 1. The van der Waals surface area contributed by atoms with Crippen LogP contribution in [0.5, 0.6) is 0 Å². The average Bonchev–Trinajstić information content (AvgIpc) is 2.27. The van der Waals surface area contributed by atoms with Gasteiger partial charge < -0.3 is 5.73 Å². The van der Waals surface area contributed by atoms with E-state index in [4.69, 9.17) is 17.3 Å². The normalized spacial score (nSPS) is 11.8. The van der Waals surface area contributed by atoms with Crippen molar-refractivity contribution in [1.29, 1.82) is 0 Å². The number of anilines is 1. The molecule has 8 heteroatoms. The standard InChI is InChI=1S/C6H5ClF3N3O/c1-13-5(11)2(4(7)14)3(12-13)6(8,9)10/h11H2,1H3. The lowest BCUT2D eigenvalue weighted by Gasteiger charge is -2.02. The molecule has 0 aliphatic carbocycles. The first-order chi connectivity index (χ1) is 6.25. The summed E-state index contributed by atoms with van der Waals surface area (Å²) in [5.74, 6) is -0.405. The molecule has 78 valence electrons. The molecule has 0 spiro atoms. The highest BCUT2D eigenvalue weighted by atomic mass is 35.5. The number of rotatable bonds is 1. The number of aromatic nitrogens is 2. The van der Waals surface area contributed by atoms with Gasteiger partial charge in [0, 0.05) is 7.05 Å². The van der Waals surface area contributed by atoms with Crippen LogP contribution in [0.3, 0.4) is 0 Å². The van der Waals surface area contributed by atoms with E-state index in [1.807, 2.05) is 0 Å². The van der Waals surface area contributed by atoms with Crippen molar-refractivity contribution in [2.45, 2.75) is 6.18 Å². The molecule has 2 N–H and O–H groups in total. The van der Waals surface area contributed by atoms with Crippen molar-refractivity contribution < 1.29 is 18.0 Å². The predicted octanol–water partition coefficient (Wildman–Crippen LogP) is 1.40. The van der Waals surface area contributed by atoms with Crippen molar-refractivity contribution in [2.24, 2.45) is 7.05 Å². The fraction of sp³-hybridized carbons (Fsp3) is 0.333. The lowest BCUT2D eigenvalue weighted by atomic mass is 10.2. The van der Waals surface area contributed by atoms with E-state index < -0.39 is 28.5 Å². The maximum absolute atomic E-state index is 12.3. The summed E-state index contributed by atoms with van der Waals surface area (Å²) in [6.07, 6.45) is -4.74. The zero-order chi connectivity index (χ0) is 11.1. The van der Waals surface area contributed by atoms with E-state index in [-0.39, 0.29) is 0 Å². The van der Waals surface area contributed by atoms with Gasteiger partial charge in [-0.25, -0.2) is 0 Å². The number of carbonyl (C=O) groups is 1. The van der Waals surface area contributed by atoms with Gasteiger partial charge in [0.1, 0.15) is 11.4 Å². The smallest absolute Gasteiger partial charge is 0.383 e. The molecule has 0 radical (unpaired) electrons. The molecular weight excluding hydrogens is 223 g/mol. The van der Waals surface area contributed by atoms with Crippen LogP contribution < -0.4 is 5.73 Å². The number of hydrogen-bond acceptors (Lipinski definition) is 3. The van der Waals surface area contributed by atoms with Crippen LogP contribution in [0.1, 0.15) is 16.1 Å². The van der Waals surface area contributed by atoms with Crippen LogP contribution in [0, 0.1) is 0 Å². The summed E-state index contributed by atoms with van der Waals surface area (Å²) in [7, 11) is 1.19. The second kappa shape index (κ2) is 3.16. The summed E-state index contributed by atoms with van der Waals surface area (Å²) >= 11 is 4.96. The summed E-state index contributed by atoms with van der Waals surface area (Å²) in [6, 6.07) is 0. The summed E-state index contributed by atoms with van der Waals surface area (Å²) < 4.78 is 37.5. The lowest BCUT2D eigenvalue weighted by Crippen LogP contribution is -2.11. The molecule has 0 bridgehead atoms. The van der Waals surface area contributed by atoms with Crippen LogP contribution in [0.2, 0.25) is 0 Å². The molecule has 1 aromatic heterocycles. The first-order valence-corrected chi connectivity index (χ1v) is 3.72. The highest BCUT2D eigenvalue weighted by Crippen LogP contribution is 2.33. The van der Waals surface area contributed by atoms with Gasteiger partial charge in [0.25, 0.3) is 5.24 Å². The zero-order valence-corrected chi connectivity index (χ0v) is 7.65. The molecule has 4 nitrogen and oxygen atoms in total. The van der Waals surface area contributed by atoms with Gasteiger partial charge in [-0.3, -0.25) is 9.48 Å². The van der Waals surface area contributed by atoms with E-state index in [9.17, 15) is 18.0 Å². The Morgan fingerprint density at radius 3 is 2.36 bits per heavy atom. The molecule has 0 atom stereocenters. The van der Waals surface area contributed by atoms with Gasteiger partial charge in [0.2, 0.25) is 0 Å². The summed E-state index contributed by atoms with van der Waals surface area (Å²) in [5.41, 5.74) is 3.03. The van der Waals surface area contributed by atoms with E-state index in [1.54, 1.807) is 0 Å². The van der Waals surface area contributed by atoms with Gasteiger partial charge in [-0.1, -0.05) is 0 Å². The highest BCUT2D eigenvalue weighted by Gasteiger charge is 2.40. The van der Waals surface area contributed by atoms with Crippen molar-refractivity contribution in [2.75, 3.05) is 5.73 Å². The summed E-state index contributed by atoms with van der Waals surface area (Å²) in [5, 5.41) is 1.79. The van der Waals surface area contributed by atoms with Gasteiger partial charge in [-0.2, -0.15) is 18.3 Å². The average molecular weight is 228 g/mol. The quantitative estimate of drug-likeness (QED) is 0.738. The topological polar surface area (TPSA) is 60.9 Å². The van der Waals surface area contributed by atoms with E-state index in [2.05, 4.69) is 5.10 Å². The van der Waals surface area contributed by atoms with E-state index in [1.165, 1.54) is 7.05 Å². The van der Waals surface area contributed by atoms with Crippen LogP contribution in [0.15, 0.2) is 0 Å². The number of alkyl halides is 3. The Bertz CT molecular complexity index is 384. The van der Waals surface area contributed by atoms with Crippen LogP contribution in [0.4, 0.5) is 19.0 Å². The molecule has 1 rings (SSSR count). The molecule has 0 saturated heterocycles. The molecule has 1 heterocycles. The second-order valence-corrected chi connectivity index (χ2v) is 2.85. The van der Waals surface area contributed by atoms with Gasteiger partial charge >= 0.3 is 6.18 Å². The Balaban J connectivity index is 3.45. The molecule has 0 aliphatic heterocycles. The fourth-order valence-corrected chi connectivity index (χ4v) is 1.12.